The van der Waals surface area contributed by atoms with Crippen LogP contribution in [0.3, 0.4) is 0 Å². The zero-order chi connectivity index (χ0) is 10.6. The van der Waals surface area contributed by atoms with Gasteiger partial charge in [-0.25, -0.2) is 9.86 Å². The van der Waals surface area contributed by atoms with E-state index in [1.54, 1.807) is 20.8 Å². The number of rotatable bonds is 1. The molecular weight excluding hydrogens is 186 g/mol. The molecule has 0 N–H and O–H groups in total. The fourth-order valence-corrected chi connectivity index (χ4v) is 0.837. The first-order valence-electron chi connectivity index (χ1n) is 4.43. The minimum atomic E-state index is -0.705. The monoisotopic (exact) mass is 201 g/mol. The van der Waals surface area contributed by atoms with E-state index in [0.29, 0.717) is 13.2 Å². The lowest BCUT2D eigenvalue weighted by molar-refractivity contribution is -0.125. The number of hydrogen-bond donors (Lipinski definition) is 0. The van der Waals surface area contributed by atoms with Crippen LogP contribution in [0.2, 0.25) is 0 Å². The minimum absolute atomic E-state index is 0.499. The summed E-state index contributed by atoms with van der Waals surface area (Å²) in [6, 6.07) is 0. The molecule has 80 valence electrons. The van der Waals surface area contributed by atoms with Gasteiger partial charge in [0.1, 0.15) is 18.5 Å². The largest absolute Gasteiger partial charge is 0.533 e. The van der Waals surface area contributed by atoms with Crippen LogP contribution in [0.4, 0.5) is 4.79 Å². The first-order valence-corrected chi connectivity index (χ1v) is 4.43. The summed E-state index contributed by atoms with van der Waals surface area (Å²) in [4.78, 5) is 16.0. The van der Waals surface area contributed by atoms with Crippen LogP contribution in [0, 0.1) is 0 Å². The first-order chi connectivity index (χ1) is 6.47. The molecule has 1 rings (SSSR count). The molecule has 0 bridgehead atoms. The molecule has 5 nitrogen and oxygen atoms in total. The molecule has 0 aromatic heterocycles. The molecule has 1 heterocycles. The van der Waals surface area contributed by atoms with Crippen LogP contribution in [0.15, 0.2) is 12.5 Å². The fourth-order valence-electron chi connectivity index (χ4n) is 0.837. The quantitative estimate of drug-likeness (QED) is 0.604. The second-order valence-corrected chi connectivity index (χ2v) is 3.85. The zero-order valence-electron chi connectivity index (χ0n) is 8.65. The summed E-state index contributed by atoms with van der Waals surface area (Å²) in [5, 5.41) is 1.37. The summed E-state index contributed by atoms with van der Waals surface area (Å²) in [6.07, 6.45) is 2.30. The molecule has 0 unspecified atom stereocenters. The van der Waals surface area contributed by atoms with Crippen molar-refractivity contribution >= 4 is 6.16 Å². The molecule has 0 atom stereocenters. The molecule has 1 aliphatic heterocycles. The lowest BCUT2D eigenvalue weighted by atomic mass is 10.2. The topological polar surface area (TPSA) is 48.0 Å². The number of carbonyl (C=O) groups excluding carboxylic acids is 1. The second kappa shape index (κ2) is 4.21. The molecule has 1 aliphatic rings. The Hall–Kier alpha value is -1.39. The van der Waals surface area contributed by atoms with E-state index in [-0.39, 0.29) is 0 Å². The van der Waals surface area contributed by atoms with E-state index >= 15 is 0 Å². The van der Waals surface area contributed by atoms with Crippen molar-refractivity contribution in [2.45, 2.75) is 26.4 Å². The van der Waals surface area contributed by atoms with Gasteiger partial charge in [-0.3, -0.25) is 0 Å². The zero-order valence-corrected chi connectivity index (χ0v) is 8.65. The highest BCUT2D eigenvalue weighted by Gasteiger charge is 2.20. The number of hydrogen-bond acceptors (Lipinski definition) is 5. The lowest BCUT2D eigenvalue weighted by Gasteiger charge is -2.24. The van der Waals surface area contributed by atoms with Gasteiger partial charge in [0.05, 0.1) is 12.7 Å². The van der Waals surface area contributed by atoms with Gasteiger partial charge in [-0.15, -0.1) is 0 Å². The standard InChI is InChI=1S/C9H15NO4/c1-9(2,3)13-8(11)14-10-4-6-12-7-5-10/h4,6H,5,7H2,1-3H3. The van der Waals surface area contributed by atoms with Crippen LogP contribution >= 0.6 is 0 Å². The third-order valence-corrected chi connectivity index (χ3v) is 1.33. The average molecular weight is 201 g/mol. The molecule has 0 radical (unpaired) electrons. The number of nitrogens with zero attached hydrogens (tertiary/aromatic N) is 1. The maximum Gasteiger partial charge on any atom is 0.533 e. The van der Waals surface area contributed by atoms with Crippen LogP contribution in [0.5, 0.6) is 0 Å². The van der Waals surface area contributed by atoms with Crippen LogP contribution in [-0.4, -0.2) is 30.0 Å². The highest BCUT2D eigenvalue weighted by atomic mass is 16.8. The van der Waals surface area contributed by atoms with Crippen LogP contribution < -0.4 is 0 Å². The third kappa shape index (κ3) is 4.02. The van der Waals surface area contributed by atoms with Gasteiger partial charge in [0, 0.05) is 0 Å². The summed E-state index contributed by atoms with van der Waals surface area (Å²) in [7, 11) is 0. The van der Waals surface area contributed by atoms with Gasteiger partial charge in [0.15, 0.2) is 0 Å². The Balaban J connectivity index is 2.33. The first kappa shape index (κ1) is 10.7. The Morgan fingerprint density at radius 1 is 1.50 bits per heavy atom. The molecule has 5 heteroatoms. The van der Waals surface area contributed by atoms with Gasteiger partial charge in [-0.1, -0.05) is 0 Å². The lowest BCUT2D eigenvalue weighted by Crippen LogP contribution is -2.32. The van der Waals surface area contributed by atoms with E-state index < -0.39 is 11.8 Å². The van der Waals surface area contributed by atoms with Crippen LogP contribution in [0.25, 0.3) is 0 Å². The van der Waals surface area contributed by atoms with Crippen LogP contribution in [-0.2, 0) is 14.3 Å². The summed E-state index contributed by atoms with van der Waals surface area (Å²) >= 11 is 0. The Morgan fingerprint density at radius 2 is 2.21 bits per heavy atom. The molecule has 0 amide bonds. The number of carbonyl (C=O) groups is 1. The summed E-state index contributed by atoms with van der Waals surface area (Å²) < 4.78 is 9.89. The van der Waals surface area contributed by atoms with Crippen LogP contribution in [0.1, 0.15) is 20.8 Å². The van der Waals surface area contributed by atoms with Gasteiger partial charge in [0.25, 0.3) is 0 Å². The normalized spacial score (nSPS) is 16.1. The maximum atomic E-state index is 11.2. The maximum absolute atomic E-state index is 11.2. The highest BCUT2D eigenvalue weighted by molar-refractivity contribution is 5.60. The predicted molar refractivity (Wildman–Crippen MR) is 49.1 cm³/mol. The van der Waals surface area contributed by atoms with E-state index in [0.717, 1.165) is 0 Å². The highest BCUT2D eigenvalue weighted by Crippen LogP contribution is 2.09. The molecule has 0 fully saturated rings. The van der Waals surface area contributed by atoms with Crippen molar-refractivity contribution in [2.75, 3.05) is 13.2 Å². The number of hydroxylamine groups is 2. The SMILES string of the molecule is CC(C)(C)OC(=O)ON1C=COCC1. The predicted octanol–water partition coefficient (Wildman–Crippen LogP) is 1.66. The van der Waals surface area contributed by atoms with E-state index in [4.69, 9.17) is 14.3 Å². The van der Waals surface area contributed by atoms with Gasteiger partial charge >= 0.3 is 6.16 Å². The summed E-state index contributed by atoms with van der Waals surface area (Å²) in [6.45, 7) is 6.35. The van der Waals surface area contributed by atoms with Gasteiger partial charge in [0.2, 0.25) is 0 Å². The second-order valence-electron chi connectivity index (χ2n) is 3.85. The van der Waals surface area contributed by atoms with E-state index in [1.807, 2.05) is 0 Å². The molecule has 0 aromatic rings. The van der Waals surface area contributed by atoms with Crippen molar-refractivity contribution in [3.8, 4) is 0 Å². The van der Waals surface area contributed by atoms with Gasteiger partial charge in [-0.2, -0.15) is 0 Å². The van der Waals surface area contributed by atoms with E-state index in [2.05, 4.69) is 0 Å². The molecule has 14 heavy (non-hydrogen) atoms. The Morgan fingerprint density at radius 3 is 2.71 bits per heavy atom. The Labute approximate surface area is 83.2 Å². The summed E-state index contributed by atoms with van der Waals surface area (Å²) in [5.41, 5.74) is -0.535. The van der Waals surface area contributed by atoms with Crippen molar-refractivity contribution in [1.29, 1.82) is 0 Å². The van der Waals surface area contributed by atoms with Crippen molar-refractivity contribution in [2.24, 2.45) is 0 Å². The van der Waals surface area contributed by atoms with Gasteiger partial charge in [-0.05, 0) is 20.8 Å². The van der Waals surface area contributed by atoms with E-state index in [9.17, 15) is 4.79 Å². The van der Waals surface area contributed by atoms with Crippen molar-refractivity contribution in [3.05, 3.63) is 12.5 Å². The molecule has 0 saturated heterocycles. The third-order valence-electron chi connectivity index (χ3n) is 1.33. The minimum Gasteiger partial charge on any atom is -0.498 e. The van der Waals surface area contributed by atoms with Crippen molar-refractivity contribution in [1.82, 2.24) is 5.06 Å². The Bertz CT molecular complexity index is 231. The Kier molecular flexibility index (Phi) is 3.22. The summed E-state index contributed by atoms with van der Waals surface area (Å²) in [5.74, 6) is 0. The van der Waals surface area contributed by atoms with Crippen molar-refractivity contribution in [3.63, 3.8) is 0 Å². The number of ether oxygens (including phenoxy) is 2. The van der Waals surface area contributed by atoms with E-state index in [1.165, 1.54) is 17.5 Å². The molecule has 0 saturated carbocycles. The molecule has 0 aliphatic carbocycles. The smallest absolute Gasteiger partial charge is 0.498 e. The average Bonchev–Trinajstić information content (AvgIpc) is 2.02. The fraction of sp³-hybridized carbons (Fsp3) is 0.667. The molecule has 0 aromatic carbocycles. The molecular formula is C9H15NO4. The molecule has 0 spiro atoms. The van der Waals surface area contributed by atoms with Crippen molar-refractivity contribution < 1.29 is 19.1 Å². The van der Waals surface area contributed by atoms with Gasteiger partial charge < -0.3 is 14.3 Å².